The molecule has 0 aliphatic rings. The Kier molecular flexibility index (Phi) is 4.52. The lowest BCUT2D eigenvalue weighted by molar-refractivity contribution is -0.136. The number of rotatable bonds is 6. The van der Waals surface area contributed by atoms with E-state index in [0.717, 1.165) is 5.69 Å². The van der Waals surface area contributed by atoms with E-state index in [1.165, 1.54) is 0 Å². The highest BCUT2D eigenvalue weighted by atomic mass is 16.4. The summed E-state index contributed by atoms with van der Waals surface area (Å²) in [6, 6.07) is 9.52. The van der Waals surface area contributed by atoms with Crippen molar-refractivity contribution in [3.05, 3.63) is 30.3 Å². The molecule has 1 aromatic rings. The first kappa shape index (κ1) is 13.5. The van der Waals surface area contributed by atoms with Crippen LogP contribution in [0.15, 0.2) is 30.3 Å². The van der Waals surface area contributed by atoms with E-state index >= 15 is 0 Å². The zero-order chi connectivity index (χ0) is 12.9. The fraction of sp³-hybridized carbons (Fsp3) is 0.462. The number of carboxylic acids is 1. The summed E-state index contributed by atoms with van der Waals surface area (Å²) in [5, 5.41) is 18.5. The normalized spacial score (nSPS) is 11.2. The van der Waals surface area contributed by atoms with E-state index < -0.39 is 11.6 Å². The maximum absolute atomic E-state index is 10.6. The van der Waals surface area contributed by atoms with Gasteiger partial charge in [0.2, 0.25) is 0 Å². The van der Waals surface area contributed by atoms with Gasteiger partial charge >= 0.3 is 5.97 Å². The van der Waals surface area contributed by atoms with E-state index in [1.807, 2.05) is 35.2 Å². The van der Waals surface area contributed by atoms with Gasteiger partial charge in [0.15, 0.2) is 0 Å². The fourth-order valence-corrected chi connectivity index (χ4v) is 1.64. The molecule has 0 radical (unpaired) electrons. The van der Waals surface area contributed by atoms with Crippen LogP contribution in [0.25, 0.3) is 0 Å². The van der Waals surface area contributed by atoms with Crippen LogP contribution in [0.2, 0.25) is 0 Å². The Morgan fingerprint density at radius 3 is 2.35 bits per heavy atom. The van der Waals surface area contributed by atoms with E-state index in [2.05, 4.69) is 0 Å². The third-order valence-electron chi connectivity index (χ3n) is 2.29. The number of nitrogens with zero attached hydrogens (tertiary/aromatic N) is 1. The molecule has 2 N–H and O–H groups in total. The maximum atomic E-state index is 10.6. The van der Waals surface area contributed by atoms with Gasteiger partial charge in [0, 0.05) is 18.8 Å². The zero-order valence-corrected chi connectivity index (χ0v) is 10.3. The third-order valence-corrected chi connectivity index (χ3v) is 2.29. The topological polar surface area (TPSA) is 60.8 Å². The van der Waals surface area contributed by atoms with Gasteiger partial charge in [0.25, 0.3) is 0 Å². The molecule has 0 spiro atoms. The summed E-state index contributed by atoms with van der Waals surface area (Å²) in [4.78, 5) is 12.5. The van der Waals surface area contributed by atoms with Crippen molar-refractivity contribution in [2.24, 2.45) is 0 Å². The standard InChI is InChI=1S/C13H19NO3/c1-13(2,17)10-14(9-8-12(15)16)11-6-4-3-5-7-11/h3-7,17H,8-10H2,1-2H3,(H,15,16). The minimum absolute atomic E-state index is 0.0605. The second-order valence-corrected chi connectivity index (χ2v) is 4.71. The number of carboxylic acid groups (broad SMARTS) is 1. The first-order chi connectivity index (χ1) is 7.88. The molecule has 17 heavy (non-hydrogen) atoms. The fourth-order valence-electron chi connectivity index (χ4n) is 1.64. The number of aliphatic hydroxyl groups is 1. The number of hydrogen-bond donors (Lipinski definition) is 2. The Bertz CT molecular complexity index is 357. The van der Waals surface area contributed by atoms with E-state index in [4.69, 9.17) is 5.11 Å². The molecule has 0 fully saturated rings. The number of para-hydroxylation sites is 1. The van der Waals surface area contributed by atoms with Crippen molar-refractivity contribution < 1.29 is 15.0 Å². The number of anilines is 1. The summed E-state index contributed by atoms with van der Waals surface area (Å²) in [5.41, 5.74) is 0.0739. The lowest BCUT2D eigenvalue weighted by Gasteiger charge is -2.30. The van der Waals surface area contributed by atoms with Crippen molar-refractivity contribution >= 4 is 11.7 Å². The van der Waals surface area contributed by atoms with Crippen LogP contribution in [0, 0.1) is 0 Å². The first-order valence-corrected chi connectivity index (χ1v) is 5.63. The summed E-state index contributed by atoms with van der Waals surface area (Å²) in [7, 11) is 0. The minimum atomic E-state index is -0.853. The van der Waals surface area contributed by atoms with Gasteiger partial charge in [0.1, 0.15) is 0 Å². The van der Waals surface area contributed by atoms with Gasteiger partial charge in [-0.15, -0.1) is 0 Å². The summed E-state index contributed by atoms with van der Waals surface area (Å²) in [6.45, 7) is 4.22. The lowest BCUT2D eigenvalue weighted by Crippen LogP contribution is -2.39. The Hall–Kier alpha value is -1.55. The van der Waals surface area contributed by atoms with Crippen molar-refractivity contribution in [1.82, 2.24) is 0 Å². The number of benzene rings is 1. The van der Waals surface area contributed by atoms with Gasteiger partial charge in [-0.2, -0.15) is 0 Å². The monoisotopic (exact) mass is 237 g/mol. The van der Waals surface area contributed by atoms with Gasteiger partial charge in [-0.3, -0.25) is 4.79 Å². The number of aliphatic carboxylic acids is 1. The zero-order valence-electron chi connectivity index (χ0n) is 10.3. The molecule has 4 heteroatoms. The molecule has 0 amide bonds. The molecule has 0 saturated carbocycles. The summed E-state index contributed by atoms with van der Waals surface area (Å²) in [6.07, 6.45) is 0.0605. The Morgan fingerprint density at radius 1 is 1.29 bits per heavy atom. The molecule has 94 valence electrons. The molecule has 0 bridgehead atoms. The molecule has 0 heterocycles. The van der Waals surface area contributed by atoms with Crippen molar-refractivity contribution in [1.29, 1.82) is 0 Å². The SMILES string of the molecule is CC(C)(O)CN(CCC(=O)O)c1ccccc1. The predicted molar refractivity (Wildman–Crippen MR) is 67.2 cm³/mol. The molecule has 1 aromatic carbocycles. The molecule has 0 saturated heterocycles. The molecular weight excluding hydrogens is 218 g/mol. The molecule has 1 rings (SSSR count). The lowest BCUT2D eigenvalue weighted by atomic mass is 10.1. The van der Waals surface area contributed by atoms with Crippen LogP contribution in [-0.2, 0) is 4.79 Å². The highest BCUT2D eigenvalue weighted by molar-refractivity contribution is 5.67. The molecule has 0 aliphatic carbocycles. The summed E-state index contributed by atoms with van der Waals surface area (Å²) < 4.78 is 0. The van der Waals surface area contributed by atoms with Crippen molar-refractivity contribution in [2.75, 3.05) is 18.0 Å². The molecule has 0 aliphatic heterocycles. The van der Waals surface area contributed by atoms with Crippen molar-refractivity contribution in [3.63, 3.8) is 0 Å². The van der Waals surface area contributed by atoms with Crippen LogP contribution < -0.4 is 4.90 Å². The smallest absolute Gasteiger partial charge is 0.305 e. The number of carbonyl (C=O) groups is 1. The summed E-state index contributed by atoms with van der Waals surface area (Å²) >= 11 is 0. The molecule has 0 unspecified atom stereocenters. The highest BCUT2D eigenvalue weighted by Crippen LogP contribution is 2.17. The maximum Gasteiger partial charge on any atom is 0.305 e. The highest BCUT2D eigenvalue weighted by Gasteiger charge is 2.19. The van der Waals surface area contributed by atoms with E-state index in [1.54, 1.807) is 13.8 Å². The quantitative estimate of drug-likeness (QED) is 0.791. The number of hydrogen-bond acceptors (Lipinski definition) is 3. The van der Waals surface area contributed by atoms with Crippen LogP contribution in [0.4, 0.5) is 5.69 Å². The van der Waals surface area contributed by atoms with Gasteiger partial charge in [-0.05, 0) is 26.0 Å². The van der Waals surface area contributed by atoms with Crippen molar-refractivity contribution in [3.8, 4) is 0 Å². The van der Waals surface area contributed by atoms with Crippen molar-refractivity contribution in [2.45, 2.75) is 25.9 Å². The largest absolute Gasteiger partial charge is 0.481 e. The van der Waals surface area contributed by atoms with Crippen LogP contribution in [0.5, 0.6) is 0 Å². The van der Waals surface area contributed by atoms with E-state index in [-0.39, 0.29) is 6.42 Å². The van der Waals surface area contributed by atoms with E-state index in [0.29, 0.717) is 13.1 Å². The average molecular weight is 237 g/mol. The van der Waals surface area contributed by atoms with Gasteiger partial charge in [-0.25, -0.2) is 0 Å². The Morgan fingerprint density at radius 2 is 1.88 bits per heavy atom. The Balaban J connectivity index is 2.75. The van der Waals surface area contributed by atoms with Gasteiger partial charge < -0.3 is 15.1 Å². The molecule has 4 nitrogen and oxygen atoms in total. The first-order valence-electron chi connectivity index (χ1n) is 5.63. The van der Waals surface area contributed by atoms with Gasteiger partial charge in [0.05, 0.1) is 12.0 Å². The van der Waals surface area contributed by atoms with Crippen LogP contribution in [0.1, 0.15) is 20.3 Å². The molecule has 0 atom stereocenters. The molecule has 0 aromatic heterocycles. The molecular formula is C13H19NO3. The third kappa shape index (κ3) is 5.36. The predicted octanol–water partition coefficient (Wildman–Crippen LogP) is 1.74. The minimum Gasteiger partial charge on any atom is -0.481 e. The van der Waals surface area contributed by atoms with Crippen LogP contribution in [-0.4, -0.2) is 34.9 Å². The van der Waals surface area contributed by atoms with Crippen LogP contribution in [0.3, 0.4) is 0 Å². The van der Waals surface area contributed by atoms with Crippen LogP contribution >= 0.6 is 0 Å². The van der Waals surface area contributed by atoms with E-state index in [9.17, 15) is 9.90 Å². The second-order valence-electron chi connectivity index (χ2n) is 4.71. The van der Waals surface area contributed by atoms with Gasteiger partial charge in [-0.1, -0.05) is 18.2 Å². The second kappa shape index (κ2) is 5.68. The average Bonchev–Trinajstić information content (AvgIpc) is 2.24. The Labute approximate surface area is 101 Å². The summed E-state index contributed by atoms with van der Waals surface area (Å²) in [5.74, 6) is -0.832.